The molecule has 0 amide bonds. The normalized spacial score (nSPS) is 13.2. The lowest BCUT2D eigenvalue weighted by atomic mass is 9.96. The van der Waals surface area contributed by atoms with Crippen LogP contribution in [0.4, 0.5) is 0 Å². The smallest absolute Gasteiger partial charge is 0.166 e. The Morgan fingerprint density at radius 3 is 1.77 bits per heavy atom. The van der Waals surface area contributed by atoms with Crippen LogP contribution in [0.25, 0.3) is 0 Å². The molecule has 74 valence electrons. The predicted octanol–water partition coefficient (Wildman–Crippen LogP) is 3.32. The molecule has 0 atom stereocenters. The Labute approximate surface area is 80.9 Å². The molecule has 0 bridgehead atoms. The first-order valence-corrected chi connectivity index (χ1v) is 4.74. The Morgan fingerprint density at radius 1 is 1.08 bits per heavy atom. The first kappa shape index (κ1) is 12.1. The average Bonchev–Trinajstić information content (AvgIpc) is 2.06. The molecular formula is C10H19N3. The van der Waals surface area contributed by atoms with Crippen LogP contribution in [0, 0.1) is 11.3 Å². The van der Waals surface area contributed by atoms with Gasteiger partial charge < -0.3 is 0 Å². The van der Waals surface area contributed by atoms with Crippen molar-refractivity contribution < 1.29 is 0 Å². The minimum atomic E-state index is -0.604. The highest BCUT2D eigenvalue weighted by molar-refractivity contribution is 5.05. The van der Waals surface area contributed by atoms with Gasteiger partial charge in [0.1, 0.15) is 0 Å². The Balaban J connectivity index is 4.63. The topological polar surface area (TPSA) is 48.5 Å². The fourth-order valence-corrected chi connectivity index (χ4v) is 0.818. The van der Waals surface area contributed by atoms with Gasteiger partial charge in [-0.15, -0.1) is 0 Å². The van der Waals surface area contributed by atoms with E-state index in [1.807, 2.05) is 34.6 Å². The van der Waals surface area contributed by atoms with Gasteiger partial charge in [0.25, 0.3) is 0 Å². The quantitative estimate of drug-likeness (QED) is 0.616. The molecule has 3 heteroatoms. The highest BCUT2D eigenvalue weighted by Gasteiger charge is 2.25. The third-order valence-electron chi connectivity index (χ3n) is 1.92. The van der Waals surface area contributed by atoms with E-state index in [0.29, 0.717) is 0 Å². The summed E-state index contributed by atoms with van der Waals surface area (Å²) >= 11 is 0. The maximum atomic E-state index is 8.97. The van der Waals surface area contributed by atoms with Gasteiger partial charge in [0, 0.05) is 0 Å². The van der Waals surface area contributed by atoms with Gasteiger partial charge in [0.15, 0.2) is 5.54 Å². The molecule has 0 saturated carbocycles. The summed E-state index contributed by atoms with van der Waals surface area (Å²) in [6, 6.07) is 2.23. The van der Waals surface area contributed by atoms with Crippen molar-refractivity contribution in [1.29, 1.82) is 5.26 Å². The summed E-state index contributed by atoms with van der Waals surface area (Å²) in [4.78, 5) is 0. The van der Waals surface area contributed by atoms with Crippen LogP contribution >= 0.6 is 0 Å². The van der Waals surface area contributed by atoms with Crippen LogP contribution in [0.1, 0.15) is 47.5 Å². The fourth-order valence-electron chi connectivity index (χ4n) is 0.818. The second-order valence-corrected chi connectivity index (χ2v) is 4.22. The molecule has 0 heterocycles. The SMILES string of the molecule is CCC(C#N)(CC)N=NC(C)(C)C. The number of azo groups is 1. The van der Waals surface area contributed by atoms with E-state index in [0.717, 1.165) is 12.8 Å². The van der Waals surface area contributed by atoms with Crippen LogP contribution in [0.3, 0.4) is 0 Å². The van der Waals surface area contributed by atoms with Gasteiger partial charge in [-0.25, -0.2) is 0 Å². The second-order valence-electron chi connectivity index (χ2n) is 4.22. The summed E-state index contributed by atoms with van der Waals surface area (Å²) in [5.74, 6) is 0. The van der Waals surface area contributed by atoms with Gasteiger partial charge in [-0.2, -0.15) is 15.5 Å². The number of hydrogen-bond donors (Lipinski definition) is 0. The summed E-state index contributed by atoms with van der Waals surface area (Å²) < 4.78 is 0. The zero-order chi connectivity index (χ0) is 10.5. The maximum Gasteiger partial charge on any atom is 0.166 e. The minimum absolute atomic E-state index is 0.188. The summed E-state index contributed by atoms with van der Waals surface area (Å²) in [7, 11) is 0. The van der Waals surface area contributed by atoms with E-state index in [1.165, 1.54) is 0 Å². The molecule has 0 spiro atoms. The summed E-state index contributed by atoms with van der Waals surface area (Å²) in [6.07, 6.45) is 1.44. The molecule has 0 aliphatic carbocycles. The van der Waals surface area contributed by atoms with Crippen molar-refractivity contribution in [1.82, 2.24) is 0 Å². The third kappa shape index (κ3) is 4.02. The van der Waals surface area contributed by atoms with Crippen LogP contribution in [0.15, 0.2) is 10.2 Å². The van der Waals surface area contributed by atoms with Gasteiger partial charge in [-0.1, -0.05) is 13.8 Å². The van der Waals surface area contributed by atoms with E-state index >= 15 is 0 Å². The lowest BCUT2D eigenvalue weighted by Gasteiger charge is -2.19. The molecule has 0 saturated heterocycles. The number of hydrogen-bond acceptors (Lipinski definition) is 3. The summed E-state index contributed by atoms with van der Waals surface area (Å²) in [6.45, 7) is 9.86. The fraction of sp³-hybridized carbons (Fsp3) is 0.900. The van der Waals surface area contributed by atoms with Crippen molar-refractivity contribution in [2.45, 2.75) is 58.5 Å². The van der Waals surface area contributed by atoms with Crippen molar-refractivity contribution >= 4 is 0 Å². The van der Waals surface area contributed by atoms with Crippen LogP contribution in [-0.4, -0.2) is 11.1 Å². The Bertz CT molecular complexity index is 213. The summed E-state index contributed by atoms with van der Waals surface area (Å²) in [5.41, 5.74) is -0.792. The lowest BCUT2D eigenvalue weighted by molar-refractivity contribution is 0.435. The molecule has 0 aliphatic rings. The molecule has 0 unspecified atom stereocenters. The number of nitriles is 1. The molecule has 0 aromatic carbocycles. The molecule has 0 aliphatic heterocycles. The first-order valence-electron chi connectivity index (χ1n) is 4.74. The largest absolute Gasteiger partial charge is 0.196 e. The Hall–Kier alpha value is -0.910. The van der Waals surface area contributed by atoms with E-state index in [9.17, 15) is 0 Å². The van der Waals surface area contributed by atoms with Crippen molar-refractivity contribution in [3.63, 3.8) is 0 Å². The second kappa shape index (κ2) is 4.36. The van der Waals surface area contributed by atoms with Crippen molar-refractivity contribution in [2.24, 2.45) is 10.2 Å². The van der Waals surface area contributed by atoms with E-state index in [1.54, 1.807) is 0 Å². The molecule has 0 aromatic heterocycles. The highest BCUT2D eigenvalue weighted by Crippen LogP contribution is 2.22. The van der Waals surface area contributed by atoms with Crippen LogP contribution in [0.5, 0.6) is 0 Å². The number of rotatable bonds is 3. The van der Waals surface area contributed by atoms with Gasteiger partial charge in [-0.05, 0) is 33.6 Å². The molecule has 13 heavy (non-hydrogen) atoms. The van der Waals surface area contributed by atoms with Gasteiger partial charge >= 0.3 is 0 Å². The predicted molar refractivity (Wildman–Crippen MR) is 53.5 cm³/mol. The van der Waals surface area contributed by atoms with Gasteiger partial charge in [-0.3, -0.25) is 0 Å². The van der Waals surface area contributed by atoms with Gasteiger partial charge in [0.2, 0.25) is 0 Å². The van der Waals surface area contributed by atoms with Gasteiger partial charge in [0.05, 0.1) is 11.6 Å². The zero-order valence-corrected chi connectivity index (χ0v) is 9.26. The molecule has 0 aromatic rings. The van der Waals surface area contributed by atoms with Crippen molar-refractivity contribution in [3.8, 4) is 6.07 Å². The number of nitrogens with zero attached hydrogens (tertiary/aromatic N) is 3. The maximum absolute atomic E-state index is 8.97. The van der Waals surface area contributed by atoms with Crippen molar-refractivity contribution in [2.75, 3.05) is 0 Å². The third-order valence-corrected chi connectivity index (χ3v) is 1.92. The van der Waals surface area contributed by atoms with Crippen LogP contribution in [-0.2, 0) is 0 Å². The first-order chi connectivity index (χ1) is 5.89. The molecule has 0 radical (unpaired) electrons. The summed E-state index contributed by atoms with van der Waals surface area (Å²) in [5, 5.41) is 17.3. The highest BCUT2D eigenvalue weighted by atomic mass is 15.2. The molecule has 0 rings (SSSR count). The average molecular weight is 181 g/mol. The monoisotopic (exact) mass is 181 g/mol. The van der Waals surface area contributed by atoms with E-state index < -0.39 is 5.54 Å². The standard InChI is InChI=1S/C10H19N3/c1-6-10(7-2,8-11)13-12-9(3,4)5/h6-7H2,1-5H3. The van der Waals surface area contributed by atoms with Crippen LogP contribution in [0.2, 0.25) is 0 Å². The lowest BCUT2D eigenvalue weighted by Crippen LogP contribution is -2.22. The Kier molecular flexibility index (Phi) is 4.06. The van der Waals surface area contributed by atoms with E-state index in [2.05, 4.69) is 16.3 Å². The van der Waals surface area contributed by atoms with Crippen LogP contribution < -0.4 is 0 Å². The zero-order valence-electron chi connectivity index (χ0n) is 9.26. The minimum Gasteiger partial charge on any atom is -0.196 e. The molecule has 0 fully saturated rings. The van der Waals surface area contributed by atoms with E-state index in [-0.39, 0.29) is 5.54 Å². The Morgan fingerprint density at radius 2 is 1.54 bits per heavy atom. The molecule has 0 N–H and O–H groups in total. The van der Waals surface area contributed by atoms with E-state index in [4.69, 9.17) is 5.26 Å². The molecule has 3 nitrogen and oxygen atoms in total. The van der Waals surface area contributed by atoms with Crippen molar-refractivity contribution in [3.05, 3.63) is 0 Å². The molecular weight excluding hydrogens is 162 g/mol.